The first-order valence-electron chi connectivity index (χ1n) is 15.5. The predicted molar refractivity (Wildman–Crippen MR) is 159 cm³/mol. The molecule has 1 amide bonds. The van der Waals surface area contributed by atoms with Crippen LogP contribution < -0.4 is 5.73 Å². The lowest BCUT2D eigenvalue weighted by molar-refractivity contribution is -0.134. The van der Waals surface area contributed by atoms with Gasteiger partial charge in [-0.25, -0.2) is 4.99 Å². The molecule has 0 aromatic heterocycles. The summed E-state index contributed by atoms with van der Waals surface area (Å²) in [4.78, 5) is 27.2. The van der Waals surface area contributed by atoms with Crippen LogP contribution in [-0.2, 0) is 15.0 Å². The van der Waals surface area contributed by atoms with Crippen molar-refractivity contribution in [2.45, 2.75) is 90.6 Å². The summed E-state index contributed by atoms with van der Waals surface area (Å²) < 4.78 is 29.9. The van der Waals surface area contributed by atoms with Gasteiger partial charge in [0.15, 0.2) is 0 Å². The van der Waals surface area contributed by atoms with Gasteiger partial charge in [0.05, 0.1) is 17.8 Å². The third-order valence-corrected chi connectivity index (χ3v) is 12.0. The van der Waals surface area contributed by atoms with Crippen LogP contribution in [0, 0.1) is 16.7 Å². The number of carbonyl (C=O) groups excluding carboxylic acids is 1. The molecule has 2 aliphatic carbocycles. The van der Waals surface area contributed by atoms with Crippen LogP contribution in [0.2, 0.25) is 0 Å². The molecule has 11 heteroatoms. The second kappa shape index (κ2) is 11.5. The fourth-order valence-corrected chi connectivity index (χ4v) is 9.61. The van der Waals surface area contributed by atoms with E-state index in [1.165, 1.54) is 6.34 Å². The second-order valence-electron chi connectivity index (χ2n) is 12.8. The molecular formula is C29H49N7O3S. The average Bonchev–Trinajstić information content (AvgIpc) is 3.58. The normalized spacial score (nSPS) is 31.5. The minimum atomic E-state index is -3.42. The molecule has 10 nitrogen and oxygen atoms in total. The van der Waals surface area contributed by atoms with E-state index in [9.17, 15) is 13.2 Å². The molecule has 40 heavy (non-hydrogen) atoms. The summed E-state index contributed by atoms with van der Waals surface area (Å²) in [6.07, 6.45) is 11.7. The summed E-state index contributed by atoms with van der Waals surface area (Å²) in [5, 5.41) is 0. The lowest BCUT2D eigenvalue weighted by Gasteiger charge is -2.54. The van der Waals surface area contributed by atoms with Gasteiger partial charge in [0.2, 0.25) is 5.91 Å². The molecule has 2 N–H and O–H groups in total. The SMILES string of the molecule is CC.CC1CCCC1N1C(=O)C2(CC2)C(C=NC2CCN(S(=O)(=O)N3CC4(CCCN(C)C4)C3)CC2)=C1/N=C/N. The first-order valence-corrected chi connectivity index (χ1v) is 16.9. The highest BCUT2D eigenvalue weighted by Crippen LogP contribution is 2.59. The Labute approximate surface area is 240 Å². The first kappa shape index (κ1) is 29.7. The van der Waals surface area contributed by atoms with Crippen LogP contribution in [0.5, 0.6) is 0 Å². The number of rotatable bonds is 6. The number of likely N-dealkylation sites (tertiary alicyclic amines) is 1. The van der Waals surface area contributed by atoms with Crippen molar-refractivity contribution in [3.05, 3.63) is 11.4 Å². The van der Waals surface area contributed by atoms with Gasteiger partial charge < -0.3 is 10.6 Å². The van der Waals surface area contributed by atoms with Crippen LogP contribution in [0.4, 0.5) is 0 Å². The highest BCUT2D eigenvalue weighted by Gasteiger charge is 2.62. The van der Waals surface area contributed by atoms with E-state index in [2.05, 4.69) is 23.9 Å². The number of amides is 1. The second-order valence-corrected chi connectivity index (χ2v) is 14.7. The minimum Gasteiger partial charge on any atom is -0.390 e. The number of nitrogens with zero attached hydrogens (tertiary/aromatic N) is 6. The fourth-order valence-electron chi connectivity index (χ4n) is 7.74. The molecular weight excluding hydrogens is 526 g/mol. The Bertz CT molecular complexity index is 1150. The van der Waals surface area contributed by atoms with E-state index >= 15 is 0 Å². The Balaban J connectivity index is 0.00000158. The van der Waals surface area contributed by atoms with E-state index in [1.54, 1.807) is 8.61 Å². The number of nitrogens with two attached hydrogens (primary N) is 1. The summed E-state index contributed by atoms with van der Waals surface area (Å²) in [5.41, 5.74) is 6.29. The van der Waals surface area contributed by atoms with E-state index in [4.69, 9.17) is 10.7 Å². The Hall–Kier alpha value is -1.82. The summed E-state index contributed by atoms with van der Waals surface area (Å²) in [6.45, 7) is 10.6. The Morgan fingerprint density at radius 1 is 0.950 bits per heavy atom. The molecule has 2 atom stereocenters. The molecule has 0 aromatic carbocycles. The van der Waals surface area contributed by atoms with E-state index in [0.717, 1.165) is 63.6 Å². The van der Waals surface area contributed by atoms with Crippen molar-refractivity contribution in [3.63, 3.8) is 0 Å². The summed E-state index contributed by atoms with van der Waals surface area (Å²) >= 11 is 0. The molecule has 3 saturated heterocycles. The number of piperidine rings is 2. The van der Waals surface area contributed by atoms with Gasteiger partial charge in [0.1, 0.15) is 5.82 Å². The van der Waals surface area contributed by atoms with Crippen LogP contribution >= 0.6 is 0 Å². The molecule has 2 spiro atoms. The fraction of sp³-hybridized carbons (Fsp3) is 0.828. The van der Waals surface area contributed by atoms with E-state index in [1.807, 2.05) is 25.0 Å². The van der Waals surface area contributed by atoms with Crippen molar-refractivity contribution < 1.29 is 13.2 Å². The van der Waals surface area contributed by atoms with Crippen molar-refractivity contribution in [2.75, 3.05) is 46.3 Å². The maximum atomic E-state index is 13.6. The molecule has 4 heterocycles. The Morgan fingerprint density at radius 2 is 1.65 bits per heavy atom. The van der Waals surface area contributed by atoms with Crippen molar-refractivity contribution in [1.29, 1.82) is 0 Å². The zero-order valence-electron chi connectivity index (χ0n) is 24.9. The molecule has 0 aromatic rings. The molecule has 0 radical (unpaired) electrons. The predicted octanol–water partition coefficient (Wildman–Crippen LogP) is 2.83. The highest BCUT2D eigenvalue weighted by atomic mass is 32.2. The van der Waals surface area contributed by atoms with Gasteiger partial charge >= 0.3 is 0 Å². The minimum absolute atomic E-state index is 0.0390. The van der Waals surface area contributed by atoms with Gasteiger partial charge in [-0.05, 0) is 70.9 Å². The molecule has 6 aliphatic rings. The Morgan fingerprint density at radius 3 is 2.23 bits per heavy atom. The maximum Gasteiger partial charge on any atom is 0.282 e. The van der Waals surface area contributed by atoms with E-state index in [-0.39, 0.29) is 23.4 Å². The smallest absolute Gasteiger partial charge is 0.282 e. The van der Waals surface area contributed by atoms with Crippen LogP contribution in [0.1, 0.15) is 78.6 Å². The third-order valence-electron chi connectivity index (χ3n) is 10.1. The molecule has 6 rings (SSSR count). The number of carbonyl (C=O) groups is 1. The van der Waals surface area contributed by atoms with Crippen molar-refractivity contribution in [1.82, 2.24) is 18.4 Å². The van der Waals surface area contributed by atoms with Gasteiger partial charge in [-0.1, -0.05) is 27.2 Å². The maximum absolute atomic E-state index is 13.6. The van der Waals surface area contributed by atoms with Crippen molar-refractivity contribution in [3.8, 4) is 0 Å². The van der Waals surface area contributed by atoms with Gasteiger partial charge in [0.25, 0.3) is 10.2 Å². The van der Waals surface area contributed by atoms with Gasteiger partial charge in [-0.15, -0.1) is 0 Å². The summed E-state index contributed by atoms with van der Waals surface area (Å²) in [7, 11) is -1.29. The Kier molecular flexibility index (Phi) is 8.50. The largest absolute Gasteiger partial charge is 0.390 e. The van der Waals surface area contributed by atoms with Gasteiger partial charge in [-0.2, -0.15) is 17.0 Å². The molecule has 2 saturated carbocycles. The molecule has 5 fully saturated rings. The number of aliphatic imine (C=N–C) groups is 2. The van der Waals surface area contributed by atoms with Crippen LogP contribution in [0.15, 0.2) is 21.4 Å². The molecule has 2 unspecified atom stereocenters. The standard InChI is InChI=1S/C27H43N7O3S.C2H6/c1-20-5-3-6-23(20)34-24(30-19-28)22(27(10-11-27)25(34)35)15-29-21-7-13-32(14-8-21)38(36,37)33-17-26(18-33)9-4-12-31(2)16-26;1-2/h15,19-21,23H,3-14,16-18H2,1-2H3,(H2,28,30);1-2H3. The van der Waals surface area contributed by atoms with Gasteiger partial charge in [0, 0.05) is 56.0 Å². The molecule has 224 valence electrons. The summed E-state index contributed by atoms with van der Waals surface area (Å²) in [6, 6.07) is 0.213. The topological polar surface area (TPSA) is 115 Å². The van der Waals surface area contributed by atoms with Crippen LogP contribution in [0.25, 0.3) is 0 Å². The monoisotopic (exact) mass is 575 g/mol. The lowest BCUT2D eigenvalue weighted by atomic mass is 9.75. The van der Waals surface area contributed by atoms with Crippen molar-refractivity contribution in [2.24, 2.45) is 32.5 Å². The quantitative estimate of drug-likeness (QED) is 0.386. The number of hydrogen-bond donors (Lipinski definition) is 1. The molecule has 0 bridgehead atoms. The zero-order chi connectivity index (χ0) is 28.7. The van der Waals surface area contributed by atoms with Crippen LogP contribution in [0.3, 0.4) is 0 Å². The van der Waals surface area contributed by atoms with Crippen LogP contribution in [-0.4, -0.2) is 104 Å². The first-order chi connectivity index (χ1) is 19.2. The average molecular weight is 576 g/mol. The van der Waals surface area contributed by atoms with E-state index in [0.29, 0.717) is 50.8 Å². The summed E-state index contributed by atoms with van der Waals surface area (Å²) in [5.74, 6) is 1.29. The third kappa shape index (κ3) is 5.16. The lowest BCUT2D eigenvalue weighted by Crippen LogP contribution is -2.66. The van der Waals surface area contributed by atoms with Gasteiger partial charge in [-0.3, -0.25) is 14.7 Å². The van der Waals surface area contributed by atoms with E-state index < -0.39 is 15.6 Å². The highest BCUT2D eigenvalue weighted by molar-refractivity contribution is 7.86. The van der Waals surface area contributed by atoms with Crippen molar-refractivity contribution >= 4 is 28.7 Å². The zero-order valence-corrected chi connectivity index (χ0v) is 25.7. The number of hydrogen-bond acceptors (Lipinski definition) is 6. The molecule has 4 aliphatic heterocycles.